The van der Waals surface area contributed by atoms with E-state index in [4.69, 9.17) is 4.74 Å². The number of hydrogen-bond acceptors (Lipinski definition) is 2. The lowest BCUT2D eigenvalue weighted by Crippen LogP contribution is -2.38. The Hall–Kier alpha value is -0.770. The minimum absolute atomic E-state index is 0.444. The van der Waals surface area contributed by atoms with Crippen LogP contribution in [0.1, 0.15) is 53.4 Å². The van der Waals surface area contributed by atoms with Crippen LogP contribution in [0.15, 0.2) is 4.99 Å². The van der Waals surface area contributed by atoms with Crippen LogP contribution in [0.2, 0.25) is 0 Å². The molecule has 0 rings (SSSR count). The molecule has 0 amide bonds. The van der Waals surface area contributed by atoms with Crippen molar-refractivity contribution in [1.82, 2.24) is 10.6 Å². The molecule has 0 bridgehead atoms. The molecular formula is C15H33N3O. The normalized spacial score (nSPS) is 12.6. The van der Waals surface area contributed by atoms with Gasteiger partial charge in [-0.15, -0.1) is 0 Å². The summed E-state index contributed by atoms with van der Waals surface area (Å²) in [7, 11) is 1.81. The summed E-state index contributed by atoms with van der Waals surface area (Å²) in [5.74, 6) is 0.896. The number of rotatable bonds is 9. The first-order valence-corrected chi connectivity index (χ1v) is 7.52. The maximum Gasteiger partial charge on any atom is 0.190 e. The summed E-state index contributed by atoms with van der Waals surface area (Å²) in [5.41, 5.74) is 0.444. The van der Waals surface area contributed by atoms with Gasteiger partial charge in [-0.2, -0.15) is 0 Å². The van der Waals surface area contributed by atoms with Gasteiger partial charge in [0.1, 0.15) is 0 Å². The quantitative estimate of drug-likeness (QED) is 0.385. The smallest absolute Gasteiger partial charge is 0.190 e. The second-order valence-electron chi connectivity index (χ2n) is 5.99. The van der Waals surface area contributed by atoms with E-state index < -0.39 is 0 Å². The zero-order chi connectivity index (χ0) is 14.6. The van der Waals surface area contributed by atoms with Gasteiger partial charge < -0.3 is 15.4 Å². The van der Waals surface area contributed by atoms with Gasteiger partial charge in [-0.05, 0) is 31.6 Å². The Bertz CT molecular complexity index is 234. The number of aliphatic imine (C=N–C) groups is 1. The molecule has 0 aromatic heterocycles. The van der Waals surface area contributed by atoms with Crippen LogP contribution >= 0.6 is 0 Å². The molecule has 4 heteroatoms. The van der Waals surface area contributed by atoms with Gasteiger partial charge in [-0.25, -0.2) is 0 Å². The number of nitrogens with one attached hydrogen (secondary N) is 2. The summed E-state index contributed by atoms with van der Waals surface area (Å²) in [6, 6.07) is 0. The number of nitrogens with zero attached hydrogens (tertiary/aromatic N) is 1. The Morgan fingerprint density at radius 2 is 1.68 bits per heavy atom. The third-order valence-electron chi connectivity index (χ3n) is 2.83. The van der Waals surface area contributed by atoms with Crippen molar-refractivity contribution in [1.29, 1.82) is 0 Å². The van der Waals surface area contributed by atoms with Crippen LogP contribution in [-0.2, 0) is 4.74 Å². The minimum Gasteiger partial charge on any atom is -0.382 e. The number of unbranched alkanes of at least 4 members (excludes halogenated alkanes) is 1. The van der Waals surface area contributed by atoms with Crippen molar-refractivity contribution in [3.05, 3.63) is 0 Å². The molecule has 4 nitrogen and oxygen atoms in total. The lowest BCUT2D eigenvalue weighted by molar-refractivity contribution is 0.145. The van der Waals surface area contributed by atoms with Crippen molar-refractivity contribution in [2.24, 2.45) is 10.4 Å². The van der Waals surface area contributed by atoms with E-state index in [1.807, 2.05) is 14.0 Å². The molecule has 0 fully saturated rings. The highest BCUT2D eigenvalue weighted by molar-refractivity contribution is 5.79. The zero-order valence-corrected chi connectivity index (χ0v) is 13.5. The average molecular weight is 271 g/mol. The molecule has 0 heterocycles. The van der Waals surface area contributed by atoms with Crippen molar-refractivity contribution in [2.45, 2.75) is 53.4 Å². The summed E-state index contributed by atoms with van der Waals surface area (Å²) < 4.78 is 5.29. The van der Waals surface area contributed by atoms with Crippen LogP contribution in [0.25, 0.3) is 0 Å². The molecule has 0 aliphatic carbocycles. The summed E-state index contributed by atoms with van der Waals surface area (Å²) in [4.78, 5) is 4.21. The molecule has 114 valence electrons. The Morgan fingerprint density at radius 1 is 1.05 bits per heavy atom. The van der Waals surface area contributed by atoms with Gasteiger partial charge in [0.15, 0.2) is 5.96 Å². The highest BCUT2D eigenvalue weighted by Crippen LogP contribution is 2.20. The lowest BCUT2D eigenvalue weighted by atomic mass is 9.90. The average Bonchev–Trinajstić information content (AvgIpc) is 2.34. The topological polar surface area (TPSA) is 45.6 Å². The van der Waals surface area contributed by atoms with E-state index in [9.17, 15) is 0 Å². The Labute approximate surface area is 119 Å². The maximum atomic E-state index is 5.29. The molecule has 0 unspecified atom stereocenters. The second kappa shape index (κ2) is 11.1. The predicted molar refractivity (Wildman–Crippen MR) is 83.8 cm³/mol. The fraction of sp³-hybridized carbons (Fsp3) is 0.933. The van der Waals surface area contributed by atoms with Gasteiger partial charge in [-0.3, -0.25) is 4.99 Å². The fourth-order valence-electron chi connectivity index (χ4n) is 1.73. The van der Waals surface area contributed by atoms with Gasteiger partial charge in [-0.1, -0.05) is 27.2 Å². The standard InChI is InChI=1S/C15H33N3O/c1-6-19-13-9-12-18-14(16-5)17-11-8-7-10-15(2,3)4/h6-13H2,1-5H3,(H2,16,17,18). The van der Waals surface area contributed by atoms with Crippen LogP contribution in [0.3, 0.4) is 0 Å². The van der Waals surface area contributed by atoms with Crippen molar-refractivity contribution in [3.63, 3.8) is 0 Å². The van der Waals surface area contributed by atoms with E-state index in [0.717, 1.165) is 38.7 Å². The molecule has 0 saturated carbocycles. The monoisotopic (exact) mass is 271 g/mol. The minimum atomic E-state index is 0.444. The molecule has 0 aliphatic rings. The van der Waals surface area contributed by atoms with Crippen molar-refractivity contribution in [3.8, 4) is 0 Å². The predicted octanol–water partition coefficient (Wildman–Crippen LogP) is 2.79. The molecule has 0 atom stereocenters. The Morgan fingerprint density at radius 3 is 2.21 bits per heavy atom. The van der Waals surface area contributed by atoms with E-state index >= 15 is 0 Å². The molecule has 0 saturated heterocycles. The van der Waals surface area contributed by atoms with E-state index in [1.54, 1.807) is 0 Å². The molecule has 2 N–H and O–H groups in total. The van der Waals surface area contributed by atoms with Crippen LogP contribution in [-0.4, -0.2) is 39.3 Å². The lowest BCUT2D eigenvalue weighted by Gasteiger charge is -2.18. The van der Waals surface area contributed by atoms with Gasteiger partial charge >= 0.3 is 0 Å². The van der Waals surface area contributed by atoms with Gasteiger partial charge in [0.2, 0.25) is 0 Å². The van der Waals surface area contributed by atoms with Gasteiger partial charge in [0.05, 0.1) is 0 Å². The first-order valence-electron chi connectivity index (χ1n) is 7.52. The Kier molecular flexibility index (Phi) is 10.6. The van der Waals surface area contributed by atoms with Gasteiger partial charge in [0, 0.05) is 33.4 Å². The molecule has 0 aromatic carbocycles. The molecule has 0 aromatic rings. The fourth-order valence-corrected chi connectivity index (χ4v) is 1.73. The van der Waals surface area contributed by atoms with E-state index in [1.165, 1.54) is 19.3 Å². The first kappa shape index (κ1) is 18.2. The second-order valence-corrected chi connectivity index (χ2v) is 5.99. The molecule has 0 aliphatic heterocycles. The number of guanidine groups is 1. The van der Waals surface area contributed by atoms with E-state index in [0.29, 0.717) is 5.41 Å². The van der Waals surface area contributed by atoms with Crippen LogP contribution in [0.4, 0.5) is 0 Å². The van der Waals surface area contributed by atoms with E-state index in [2.05, 4.69) is 36.4 Å². The van der Waals surface area contributed by atoms with Crippen molar-refractivity contribution >= 4 is 5.96 Å². The SMILES string of the molecule is CCOCCCNC(=NC)NCCCCC(C)(C)C. The summed E-state index contributed by atoms with van der Waals surface area (Å²) >= 11 is 0. The summed E-state index contributed by atoms with van der Waals surface area (Å²) in [6.45, 7) is 12.4. The summed E-state index contributed by atoms with van der Waals surface area (Å²) in [5, 5.41) is 6.64. The zero-order valence-electron chi connectivity index (χ0n) is 13.5. The largest absolute Gasteiger partial charge is 0.382 e. The first-order chi connectivity index (χ1) is 8.99. The molecular weight excluding hydrogens is 238 g/mol. The molecule has 0 radical (unpaired) electrons. The number of hydrogen-bond donors (Lipinski definition) is 2. The van der Waals surface area contributed by atoms with Crippen LogP contribution < -0.4 is 10.6 Å². The van der Waals surface area contributed by atoms with Gasteiger partial charge in [0.25, 0.3) is 0 Å². The van der Waals surface area contributed by atoms with Crippen molar-refractivity contribution < 1.29 is 4.74 Å². The Balaban J connectivity index is 3.50. The van der Waals surface area contributed by atoms with Crippen LogP contribution in [0.5, 0.6) is 0 Å². The molecule has 0 spiro atoms. The highest BCUT2D eigenvalue weighted by Gasteiger charge is 2.08. The van der Waals surface area contributed by atoms with Crippen molar-refractivity contribution in [2.75, 3.05) is 33.4 Å². The highest BCUT2D eigenvalue weighted by atomic mass is 16.5. The third kappa shape index (κ3) is 13.5. The maximum absolute atomic E-state index is 5.29. The third-order valence-corrected chi connectivity index (χ3v) is 2.83. The summed E-state index contributed by atoms with van der Waals surface area (Å²) in [6.07, 6.45) is 4.74. The number of ether oxygens (including phenoxy) is 1. The van der Waals surface area contributed by atoms with E-state index in [-0.39, 0.29) is 0 Å². The van der Waals surface area contributed by atoms with Crippen LogP contribution in [0, 0.1) is 5.41 Å². The molecule has 19 heavy (non-hydrogen) atoms.